The molecule has 1 aliphatic rings. The van der Waals surface area contributed by atoms with E-state index in [1.807, 2.05) is 31.2 Å². The van der Waals surface area contributed by atoms with Crippen molar-refractivity contribution in [2.45, 2.75) is 32.2 Å². The Hall–Kier alpha value is -0.710. The molecule has 0 saturated heterocycles. The Balaban J connectivity index is 1.82. The van der Waals surface area contributed by atoms with Crippen molar-refractivity contribution >= 4 is 21.7 Å². The molecule has 92 valence electrons. The van der Waals surface area contributed by atoms with Crippen molar-refractivity contribution in [2.24, 2.45) is 0 Å². The number of ether oxygens (including phenoxy) is 2. The molecular weight excluding hydrogens is 284 g/mol. The zero-order chi connectivity index (χ0) is 12.3. The molecule has 0 N–H and O–H groups in total. The van der Waals surface area contributed by atoms with Gasteiger partial charge in [0.25, 0.3) is 0 Å². The molecule has 3 nitrogen and oxygen atoms in total. The Morgan fingerprint density at radius 2 is 2.00 bits per heavy atom. The van der Waals surface area contributed by atoms with E-state index in [-0.39, 0.29) is 18.0 Å². The second-order valence-corrected chi connectivity index (χ2v) is 4.94. The number of ketones is 1. The third-order valence-corrected chi connectivity index (χ3v) is 3.31. The van der Waals surface area contributed by atoms with Gasteiger partial charge < -0.3 is 9.47 Å². The molecule has 1 fully saturated rings. The SMILES string of the molecule is CCOC1C(=O)CC1OCc1ccc(Br)cc1. The summed E-state index contributed by atoms with van der Waals surface area (Å²) in [5.74, 6) is 0.146. The van der Waals surface area contributed by atoms with Crippen LogP contribution in [0.4, 0.5) is 0 Å². The van der Waals surface area contributed by atoms with Gasteiger partial charge in [0.15, 0.2) is 5.78 Å². The quantitative estimate of drug-likeness (QED) is 0.838. The topological polar surface area (TPSA) is 35.5 Å². The first kappa shape index (κ1) is 12.7. The number of rotatable bonds is 5. The Morgan fingerprint density at radius 3 is 2.59 bits per heavy atom. The number of hydrogen-bond donors (Lipinski definition) is 0. The number of carbonyl (C=O) groups is 1. The molecule has 0 radical (unpaired) electrons. The van der Waals surface area contributed by atoms with E-state index in [0.29, 0.717) is 19.6 Å². The number of Topliss-reactive ketones (excluding diaryl/α,β-unsaturated/α-hetero) is 1. The van der Waals surface area contributed by atoms with Gasteiger partial charge in [0.2, 0.25) is 0 Å². The van der Waals surface area contributed by atoms with E-state index in [1.165, 1.54) is 0 Å². The summed E-state index contributed by atoms with van der Waals surface area (Å²) in [6, 6.07) is 7.95. The molecule has 2 rings (SSSR count). The molecule has 0 aliphatic heterocycles. The predicted molar refractivity (Wildman–Crippen MR) is 67.8 cm³/mol. The van der Waals surface area contributed by atoms with Crippen LogP contribution in [-0.2, 0) is 20.9 Å². The molecule has 0 aromatic heterocycles. The van der Waals surface area contributed by atoms with Crippen molar-refractivity contribution in [3.05, 3.63) is 34.3 Å². The van der Waals surface area contributed by atoms with Crippen LogP contribution in [0.2, 0.25) is 0 Å². The van der Waals surface area contributed by atoms with E-state index in [0.717, 1.165) is 10.0 Å². The van der Waals surface area contributed by atoms with Gasteiger partial charge in [-0.2, -0.15) is 0 Å². The van der Waals surface area contributed by atoms with Gasteiger partial charge in [-0.15, -0.1) is 0 Å². The Bertz CT molecular complexity index is 388. The fraction of sp³-hybridized carbons (Fsp3) is 0.462. The summed E-state index contributed by atoms with van der Waals surface area (Å²) in [5.41, 5.74) is 1.10. The van der Waals surface area contributed by atoms with Crippen LogP contribution >= 0.6 is 15.9 Å². The molecule has 1 saturated carbocycles. The Morgan fingerprint density at radius 1 is 1.29 bits per heavy atom. The van der Waals surface area contributed by atoms with Crippen molar-refractivity contribution in [1.82, 2.24) is 0 Å². The first-order chi connectivity index (χ1) is 8.20. The van der Waals surface area contributed by atoms with Crippen molar-refractivity contribution < 1.29 is 14.3 Å². The number of hydrogen-bond acceptors (Lipinski definition) is 3. The minimum Gasteiger partial charge on any atom is -0.370 e. The van der Waals surface area contributed by atoms with E-state index in [9.17, 15) is 4.79 Å². The molecule has 4 heteroatoms. The number of benzene rings is 1. The van der Waals surface area contributed by atoms with Crippen LogP contribution in [0.5, 0.6) is 0 Å². The van der Waals surface area contributed by atoms with Gasteiger partial charge in [-0.1, -0.05) is 28.1 Å². The number of carbonyl (C=O) groups excluding carboxylic acids is 1. The molecule has 0 heterocycles. The van der Waals surface area contributed by atoms with Crippen molar-refractivity contribution in [3.8, 4) is 0 Å². The maximum absolute atomic E-state index is 11.3. The predicted octanol–water partition coefficient (Wildman–Crippen LogP) is 2.71. The molecule has 0 amide bonds. The minimum absolute atomic E-state index is 0.0777. The van der Waals surface area contributed by atoms with Crippen LogP contribution in [0.3, 0.4) is 0 Å². The molecular formula is C13H15BrO3. The highest BCUT2D eigenvalue weighted by Gasteiger charge is 2.41. The lowest BCUT2D eigenvalue weighted by atomic mass is 9.90. The highest BCUT2D eigenvalue weighted by molar-refractivity contribution is 9.10. The molecule has 1 aliphatic carbocycles. The van der Waals surface area contributed by atoms with Crippen LogP contribution in [0.25, 0.3) is 0 Å². The monoisotopic (exact) mass is 298 g/mol. The Kier molecular flexibility index (Phi) is 4.31. The van der Waals surface area contributed by atoms with Gasteiger partial charge >= 0.3 is 0 Å². The number of halogens is 1. The zero-order valence-electron chi connectivity index (χ0n) is 9.69. The van der Waals surface area contributed by atoms with Crippen molar-refractivity contribution in [1.29, 1.82) is 0 Å². The molecule has 2 unspecified atom stereocenters. The summed E-state index contributed by atoms with van der Waals surface area (Å²) in [5, 5.41) is 0. The minimum atomic E-state index is -0.351. The van der Waals surface area contributed by atoms with Gasteiger partial charge in [0.1, 0.15) is 6.10 Å². The average molecular weight is 299 g/mol. The molecule has 2 atom stereocenters. The van der Waals surface area contributed by atoms with Gasteiger partial charge in [0.05, 0.1) is 12.7 Å². The van der Waals surface area contributed by atoms with Gasteiger partial charge in [-0.05, 0) is 24.6 Å². The maximum atomic E-state index is 11.3. The lowest BCUT2D eigenvalue weighted by Crippen LogP contribution is -2.50. The highest BCUT2D eigenvalue weighted by Crippen LogP contribution is 2.24. The van der Waals surface area contributed by atoms with E-state index in [4.69, 9.17) is 9.47 Å². The first-order valence-electron chi connectivity index (χ1n) is 5.71. The molecule has 0 bridgehead atoms. The third-order valence-electron chi connectivity index (χ3n) is 2.78. The fourth-order valence-corrected chi connectivity index (χ4v) is 2.04. The van der Waals surface area contributed by atoms with E-state index < -0.39 is 0 Å². The summed E-state index contributed by atoms with van der Waals surface area (Å²) in [7, 11) is 0. The summed E-state index contributed by atoms with van der Waals surface area (Å²) in [4.78, 5) is 11.3. The Labute approximate surface area is 109 Å². The molecule has 17 heavy (non-hydrogen) atoms. The second kappa shape index (κ2) is 5.76. The van der Waals surface area contributed by atoms with Crippen LogP contribution in [0.15, 0.2) is 28.7 Å². The van der Waals surface area contributed by atoms with E-state index in [1.54, 1.807) is 0 Å². The van der Waals surface area contributed by atoms with Crippen molar-refractivity contribution in [3.63, 3.8) is 0 Å². The van der Waals surface area contributed by atoms with Crippen LogP contribution in [0, 0.1) is 0 Å². The summed E-state index contributed by atoms with van der Waals surface area (Å²) < 4.78 is 12.1. The standard InChI is InChI=1S/C13H15BrO3/c1-2-16-13-11(15)7-12(13)17-8-9-3-5-10(14)6-4-9/h3-6,12-13H,2,7-8H2,1H3. The average Bonchev–Trinajstić information content (AvgIpc) is 2.33. The summed E-state index contributed by atoms with van der Waals surface area (Å²) >= 11 is 3.38. The third kappa shape index (κ3) is 3.15. The summed E-state index contributed by atoms with van der Waals surface area (Å²) in [6.07, 6.45) is 0.0443. The van der Waals surface area contributed by atoms with Gasteiger partial charge in [0, 0.05) is 17.5 Å². The second-order valence-electron chi connectivity index (χ2n) is 4.02. The smallest absolute Gasteiger partial charge is 0.166 e. The van der Waals surface area contributed by atoms with Crippen LogP contribution in [-0.4, -0.2) is 24.6 Å². The molecule has 1 aromatic rings. The lowest BCUT2D eigenvalue weighted by molar-refractivity contribution is -0.166. The largest absolute Gasteiger partial charge is 0.370 e. The fourth-order valence-electron chi connectivity index (χ4n) is 1.78. The molecule has 0 spiro atoms. The van der Waals surface area contributed by atoms with E-state index in [2.05, 4.69) is 15.9 Å². The normalized spacial score (nSPS) is 23.5. The zero-order valence-corrected chi connectivity index (χ0v) is 11.3. The van der Waals surface area contributed by atoms with Crippen LogP contribution in [0.1, 0.15) is 18.9 Å². The maximum Gasteiger partial charge on any atom is 0.166 e. The molecule has 1 aromatic carbocycles. The van der Waals surface area contributed by atoms with Crippen LogP contribution < -0.4 is 0 Å². The first-order valence-corrected chi connectivity index (χ1v) is 6.50. The van der Waals surface area contributed by atoms with Gasteiger partial charge in [-0.25, -0.2) is 0 Å². The lowest BCUT2D eigenvalue weighted by Gasteiger charge is -2.34. The summed E-state index contributed by atoms with van der Waals surface area (Å²) in [6.45, 7) is 2.96. The van der Waals surface area contributed by atoms with E-state index >= 15 is 0 Å². The van der Waals surface area contributed by atoms with Gasteiger partial charge in [-0.3, -0.25) is 4.79 Å². The van der Waals surface area contributed by atoms with Crippen molar-refractivity contribution in [2.75, 3.05) is 6.61 Å². The highest BCUT2D eigenvalue weighted by atomic mass is 79.9.